The van der Waals surface area contributed by atoms with E-state index in [1.165, 1.54) is 12.1 Å². The van der Waals surface area contributed by atoms with Crippen molar-refractivity contribution in [3.05, 3.63) is 34.4 Å². The molecule has 0 amide bonds. The lowest BCUT2D eigenvalue weighted by Gasteiger charge is -2.35. The van der Waals surface area contributed by atoms with E-state index >= 15 is 8.78 Å². The number of fused-ring (bicyclic) bond motifs is 4. The van der Waals surface area contributed by atoms with Gasteiger partial charge in [-0.1, -0.05) is 24.6 Å². The van der Waals surface area contributed by atoms with Crippen LogP contribution in [-0.4, -0.2) is 65.3 Å². The zero-order valence-electron chi connectivity index (χ0n) is 26.1. The maximum atomic E-state index is 17.3. The van der Waals surface area contributed by atoms with Crippen LogP contribution in [0.15, 0.2) is 12.1 Å². The number of nitrogen functional groups attached to an aromatic ring is 1. The van der Waals surface area contributed by atoms with Gasteiger partial charge in [0.2, 0.25) is 0 Å². The van der Waals surface area contributed by atoms with Crippen LogP contribution in [0.1, 0.15) is 57.4 Å². The summed E-state index contributed by atoms with van der Waals surface area (Å²) in [5, 5.41) is 10.7. The van der Waals surface area contributed by atoms with Crippen LogP contribution in [0.4, 0.5) is 19.6 Å². The fourth-order valence-corrected chi connectivity index (χ4v) is 9.84. The number of halogens is 3. The molecule has 4 aromatic rings. The summed E-state index contributed by atoms with van der Waals surface area (Å²) < 4.78 is 45.2. The highest BCUT2D eigenvalue weighted by molar-refractivity contribution is 7.23. The van der Waals surface area contributed by atoms with E-state index < -0.39 is 11.6 Å². The molecule has 4 N–H and O–H groups in total. The summed E-state index contributed by atoms with van der Waals surface area (Å²) in [6.07, 6.45) is 6.29. The third kappa shape index (κ3) is 4.88. The Kier molecular flexibility index (Phi) is 7.59. The number of rotatable bonds is 4. The second-order valence-corrected chi connectivity index (χ2v) is 15.1. The van der Waals surface area contributed by atoms with Gasteiger partial charge in [0.05, 0.1) is 32.8 Å². The Morgan fingerprint density at radius 2 is 2.06 bits per heavy atom. The molecule has 3 unspecified atom stereocenters. The smallest absolute Gasteiger partial charge is 0.319 e. The third-order valence-electron chi connectivity index (χ3n) is 10.6. The summed E-state index contributed by atoms with van der Waals surface area (Å²) in [5.74, 6) is 0.0267. The molecule has 0 bridgehead atoms. The summed E-state index contributed by atoms with van der Waals surface area (Å²) in [7, 11) is 0. The predicted octanol–water partition coefficient (Wildman–Crippen LogP) is 6.62. The Morgan fingerprint density at radius 1 is 1.21 bits per heavy atom. The monoisotopic (exact) mass is 679 g/mol. The predicted molar refractivity (Wildman–Crippen MR) is 180 cm³/mol. The highest BCUT2D eigenvalue weighted by atomic mass is 35.5. The minimum Gasteiger partial charge on any atom is -0.491 e. The molecule has 0 radical (unpaired) electrons. The molecular formula is C34H36ClF2N7O2S. The van der Waals surface area contributed by atoms with Crippen LogP contribution in [0, 0.1) is 28.9 Å². The number of ether oxygens (including phenoxy) is 2. The number of nitriles is 1. The molecule has 4 atom stereocenters. The Morgan fingerprint density at radius 3 is 2.89 bits per heavy atom. The molecule has 0 aliphatic carbocycles. The fourth-order valence-electron chi connectivity index (χ4n) is 8.56. The molecule has 13 heteroatoms. The standard InChI is InChI=1S/C34H36ClF2N7O2S/c1-17-13-34(8-3-9-43(34)15-17)16-46-33-41-28-25-29(45-11-7-19-12-18(39)4-2-10-44(19)32(25)42-33)26(35)24(27(28)37)20-5-6-22(36)30-23(20)21(14-38)31(40)47-30/h5-6,17-19H,2-4,7-13,15-16,39-40H2,1H3/t17-,18?,19?,34?/m1/s1. The van der Waals surface area contributed by atoms with Crippen molar-refractivity contribution in [2.45, 2.75) is 69.5 Å². The van der Waals surface area contributed by atoms with Gasteiger partial charge in [-0.2, -0.15) is 15.2 Å². The van der Waals surface area contributed by atoms with E-state index in [0.29, 0.717) is 43.3 Å². The largest absolute Gasteiger partial charge is 0.491 e. The van der Waals surface area contributed by atoms with Crippen LogP contribution >= 0.6 is 22.9 Å². The van der Waals surface area contributed by atoms with E-state index in [1.807, 2.05) is 0 Å². The van der Waals surface area contributed by atoms with Gasteiger partial charge in [-0.05, 0) is 62.6 Å². The van der Waals surface area contributed by atoms with Gasteiger partial charge in [0.15, 0.2) is 11.6 Å². The molecule has 4 aliphatic rings. The second-order valence-electron chi connectivity index (χ2n) is 13.6. The number of aromatic nitrogens is 2. The van der Waals surface area contributed by atoms with E-state index in [2.05, 4.69) is 22.8 Å². The first kappa shape index (κ1) is 30.8. The zero-order valence-corrected chi connectivity index (χ0v) is 27.7. The van der Waals surface area contributed by atoms with Gasteiger partial charge in [-0.25, -0.2) is 8.78 Å². The van der Waals surface area contributed by atoms with Gasteiger partial charge in [-0.15, -0.1) is 11.3 Å². The number of hydrogen-bond acceptors (Lipinski definition) is 10. The summed E-state index contributed by atoms with van der Waals surface area (Å²) in [6.45, 7) is 5.73. The van der Waals surface area contributed by atoms with E-state index in [9.17, 15) is 5.26 Å². The molecular weight excluding hydrogens is 644 g/mol. The summed E-state index contributed by atoms with van der Waals surface area (Å²) in [6, 6.07) is 4.87. The van der Waals surface area contributed by atoms with Crippen molar-refractivity contribution in [3.8, 4) is 29.0 Å². The van der Waals surface area contributed by atoms with E-state index in [4.69, 9.17) is 42.5 Å². The lowest BCUT2D eigenvalue weighted by atomic mass is 9.92. The first-order chi connectivity index (χ1) is 22.7. The number of nitrogens with two attached hydrogens (primary N) is 2. The SMILES string of the molecule is C[C@H]1CN2CCCC2(COc2nc3c4c(c(Cl)c(-c5ccc(F)c6sc(N)c(C#N)c56)c(F)c4n2)OCCC2CC(N)CCCN32)C1. The Hall–Kier alpha value is -3.50. The summed E-state index contributed by atoms with van der Waals surface area (Å²) >= 11 is 8.04. The van der Waals surface area contributed by atoms with E-state index in [0.717, 1.165) is 63.0 Å². The lowest BCUT2D eigenvalue weighted by Crippen LogP contribution is -2.43. The minimum absolute atomic E-state index is 0.000454. The molecule has 6 heterocycles. The van der Waals surface area contributed by atoms with Gasteiger partial charge in [0.25, 0.3) is 0 Å². The van der Waals surface area contributed by atoms with E-state index in [-0.39, 0.29) is 71.7 Å². The Bertz CT molecular complexity index is 1970. The minimum atomic E-state index is -0.730. The molecule has 47 heavy (non-hydrogen) atoms. The highest BCUT2D eigenvalue weighted by Crippen LogP contribution is 2.51. The average molecular weight is 680 g/mol. The molecule has 2 aromatic heterocycles. The van der Waals surface area contributed by atoms with Gasteiger partial charge in [-0.3, -0.25) is 4.90 Å². The van der Waals surface area contributed by atoms with Crippen molar-refractivity contribution < 1.29 is 18.3 Å². The topological polar surface area (TPSA) is 127 Å². The second kappa shape index (κ2) is 11.6. The number of thiophene rings is 1. The highest BCUT2D eigenvalue weighted by Gasteiger charge is 2.48. The van der Waals surface area contributed by atoms with Crippen molar-refractivity contribution in [3.63, 3.8) is 0 Å². The van der Waals surface area contributed by atoms with Crippen LogP contribution in [0.2, 0.25) is 5.02 Å². The fraction of sp³-hybridized carbons (Fsp3) is 0.500. The van der Waals surface area contributed by atoms with Crippen LogP contribution in [0.25, 0.3) is 32.1 Å². The molecule has 2 aromatic carbocycles. The number of hydrogen-bond donors (Lipinski definition) is 2. The first-order valence-corrected chi connectivity index (χ1v) is 17.5. The van der Waals surface area contributed by atoms with Crippen molar-refractivity contribution >= 4 is 54.7 Å². The summed E-state index contributed by atoms with van der Waals surface area (Å²) in [4.78, 5) is 14.4. The zero-order chi connectivity index (χ0) is 32.6. The van der Waals surface area contributed by atoms with Gasteiger partial charge in [0.1, 0.15) is 34.8 Å². The molecule has 3 saturated heterocycles. The number of benzene rings is 2. The average Bonchev–Trinajstić information content (AvgIpc) is 3.64. The molecule has 246 valence electrons. The number of nitrogens with zero attached hydrogens (tertiary/aromatic N) is 5. The molecule has 0 saturated carbocycles. The maximum Gasteiger partial charge on any atom is 0.319 e. The lowest BCUT2D eigenvalue weighted by molar-refractivity contribution is 0.107. The van der Waals surface area contributed by atoms with Crippen molar-refractivity contribution in [2.75, 3.05) is 43.5 Å². The van der Waals surface area contributed by atoms with Crippen molar-refractivity contribution in [2.24, 2.45) is 11.7 Å². The molecule has 0 spiro atoms. The summed E-state index contributed by atoms with van der Waals surface area (Å²) in [5.41, 5.74) is 12.8. The third-order valence-corrected chi connectivity index (χ3v) is 12.0. The molecule has 4 aliphatic heterocycles. The number of anilines is 2. The normalized spacial score (nSPS) is 26.0. The van der Waals surface area contributed by atoms with Gasteiger partial charge < -0.3 is 25.8 Å². The van der Waals surface area contributed by atoms with Crippen LogP contribution in [0.3, 0.4) is 0 Å². The Balaban J connectivity index is 1.36. The van der Waals surface area contributed by atoms with Gasteiger partial charge in [0, 0.05) is 42.5 Å². The quantitative estimate of drug-likeness (QED) is 0.245. The van der Waals surface area contributed by atoms with Crippen LogP contribution in [0.5, 0.6) is 11.8 Å². The Labute approximate surface area is 280 Å². The molecule has 8 rings (SSSR count). The van der Waals surface area contributed by atoms with Crippen molar-refractivity contribution in [1.29, 1.82) is 5.26 Å². The van der Waals surface area contributed by atoms with Crippen molar-refractivity contribution in [1.82, 2.24) is 14.9 Å². The van der Waals surface area contributed by atoms with Gasteiger partial charge >= 0.3 is 6.01 Å². The van der Waals surface area contributed by atoms with E-state index in [1.54, 1.807) is 0 Å². The first-order valence-electron chi connectivity index (χ1n) is 16.4. The van der Waals surface area contributed by atoms with Crippen LogP contribution in [-0.2, 0) is 0 Å². The van der Waals surface area contributed by atoms with Crippen LogP contribution < -0.4 is 25.8 Å². The molecule has 3 fully saturated rings. The molecule has 9 nitrogen and oxygen atoms in total. The maximum absolute atomic E-state index is 17.3.